The summed E-state index contributed by atoms with van der Waals surface area (Å²) in [5.74, 6) is -0.227. The minimum absolute atomic E-state index is 0.0912. The molecule has 0 radical (unpaired) electrons. The van der Waals surface area contributed by atoms with Crippen LogP contribution in [-0.2, 0) is 9.59 Å². The van der Waals surface area contributed by atoms with Crippen LogP contribution in [0, 0.1) is 0 Å². The van der Waals surface area contributed by atoms with Crippen LogP contribution in [0.2, 0.25) is 0 Å². The Morgan fingerprint density at radius 1 is 1.38 bits per heavy atom. The van der Waals surface area contributed by atoms with Gasteiger partial charge in [-0.3, -0.25) is 9.59 Å². The third kappa shape index (κ3) is 1.95. The Kier molecular flexibility index (Phi) is 2.96. The van der Waals surface area contributed by atoms with E-state index in [2.05, 4.69) is 21.2 Å². The lowest BCUT2D eigenvalue weighted by atomic mass is 10.0. The lowest BCUT2D eigenvalue weighted by Gasteiger charge is -2.30. The van der Waals surface area contributed by atoms with Crippen LogP contribution in [0.5, 0.6) is 0 Å². The first kappa shape index (κ1) is 11.1. The standard InChI is InChI=1S/C11H11BrN2O2/c1-14-6-9(15)13-10(11(14)16)7-4-2-3-5-8(7)12/h2-5,10H,6H2,1H3,(H,13,15)/t10-/m1/s1. The zero-order valence-corrected chi connectivity index (χ0v) is 10.3. The molecule has 0 spiro atoms. The molecular formula is C11H11BrN2O2. The molecule has 1 aromatic rings. The number of halogens is 1. The van der Waals surface area contributed by atoms with E-state index in [0.717, 1.165) is 10.0 Å². The summed E-state index contributed by atoms with van der Waals surface area (Å²) in [5.41, 5.74) is 0.785. The van der Waals surface area contributed by atoms with Crippen molar-refractivity contribution in [1.29, 1.82) is 0 Å². The van der Waals surface area contributed by atoms with Gasteiger partial charge >= 0.3 is 0 Å². The highest BCUT2D eigenvalue weighted by atomic mass is 79.9. The van der Waals surface area contributed by atoms with E-state index < -0.39 is 6.04 Å². The summed E-state index contributed by atoms with van der Waals surface area (Å²) in [7, 11) is 1.63. The maximum absolute atomic E-state index is 11.9. The monoisotopic (exact) mass is 282 g/mol. The van der Waals surface area contributed by atoms with Crippen LogP contribution in [0.15, 0.2) is 28.7 Å². The molecule has 1 saturated heterocycles. The predicted molar refractivity (Wildman–Crippen MR) is 62.7 cm³/mol. The van der Waals surface area contributed by atoms with Gasteiger partial charge in [0.05, 0.1) is 6.54 Å². The number of carbonyl (C=O) groups excluding carboxylic acids is 2. The van der Waals surface area contributed by atoms with Crippen LogP contribution in [-0.4, -0.2) is 30.3 Å². The lowest BCUT2D eigenvalue weighted by Crippen LogP contribution is -2.51. The third-order valence-electron chi connectivity index (χ3n) is 2.53. The van der Waals surface area contributed by atoms with Gasteiger partial charge < -0.3 is 10.2 Å². The number of amides is 2. The molecule has 0 saturated carbocycles. The van der Waals surface area contributed by atoms with Crippen molar-refractivity contribution >= 4 is 27.7 Å². The first-order chi connectivity index (χ1) is 7.59. The topological polar surface area (TPSA) is 49.4 Å². The summed E-state index contributed by atoms with van der Waals surface area (Å²) >= 11 is 3.38. The molecule has 0 aromatic heterocycles. The van der Waals surface area contributed by atoms with Gasteiger partial charge in [0.25, 0.3) is 0 Å². The molecule has 16 heavy (non-hydrogen) atoms. The number of hydrogen-bond acceptors (Lipinski definition) is 2. The zero-order chi connectivity index (χ0) is 11.7. The number of benzene rings is 1. The van der Waals surface area contributed by atoms with Crippen molar-refractivity contribution in [3.8, 4) is 0 Å². The smallest absolute Gasteiger partial charge is 0.250 e. The summed E-state index contributed by atoms with van der Waals surface area (Å²) in [5, 5.41) is 2.69. The Hall–Kier alpha value is -1.36. The molecule has 0 aliphatic carbocycles. The molecule has 4 nitrogen and oxygen atoms in total. The molecule has 84 valence electrons. The van der Waals surface area contributed by atoms with Gasteiger partial charge in [0.2, 0.25) is 11.8 Å². The van der Waals surface area contributed by atoms with Gasteiger partial charge in [-0.1, -0.05) is 34.1 Å². The van der Waals surface area contributed by atoms with Crippen LogP contribution in [0.3, 0.4) is 0 Å². The Labute approximate surface area is 102 Å². The SMILES string of the molecule is CN1CC(=O)N[C@H](c2ccccc2Br)C1=O. The highest BCUT2D eigenvalue weighted by Gasteiger charge is 2.32. The Morgan fingerprint density at radius 3 is 2.75 bits per heavy atom. The van der Waals surface area contributed by atoms with Crippen molar-refractivity contribution in [3.05, 3.63) is 34.3 Å². The molecule has 1 N–H and O–H groups in total. The first-order valence-electron chi connectivity index (χ1n) is 4.88. The van der Waals surface area contributed by atoms with Crippen molar-refractivity contribution < 1.29 is 9.59 Å². The van der Waals surface area contributed by atoms with Gasteiger partial charge in [0.1, 0.15) is 6.04 Å². The normalized spacial score (nSPS) is 20.9. The van der Waals surface area contributed by atoms with Crippen molar-refractivity contribution in [1.82, 2.24) is 10.2 Å². The highest BCUT2D eigenvalue weighted by molar-refractivity contribution is 9.10. The van der Waals surface area contributed by atoms with E-state index in [0.29, 0.717) is 0 Å². The maximum Gasteiger partial charge on any atom is 0.250 e. The second-order valence-electron chi connectivity index (χ2n) is 3.72. The van der Waals surface area contributed by atoms with E-state index in [4.69, 9.17) is 0 Å². The summed E-state index contributed by atoms with van der Waals surface area (Å²) in [4.78, 5) is 24.7. The largest absolute Gasteiger partial charge is 0.339 e. The number of nitrogens with zero attached hydrogens (tertiary/aromatic N) is 1. The molecule has 2 rings (SSSR count). The summed E-state index contributed by atoms with van der Waals surface area (Å²) in [6.45, 7) is 0.125. The summed E-state index contributed by atoms with van der Waals surface area (Å²) < 4.78 is 0.823. The fraction of sp³-hybridized carbons (Fsp3) is 0.273. The van der Waals surface area contributed by atoms with Crippen molar-refractivity contribution in [2.45, 2.75) is 6.04 Å². The molecule has 0 bridgehead atoms. The number of carbonyl (C=O) groups is 2. The number of nitrogens with one attached hydrogen (secondary N) is 1. The molecule has 0 unspecified atom stereocenters. The fourth-order valence-corrected chi connectivity index (χ4v) is 2.22. The van der Waals surface area contributed by atoms with Crippen LogP contribution in [0.1, 0.15) is 11.6 Å². The third-order valence-corrected chi connectivity index (χ3v) is 3.25. The minimum atomic E-state index is -0.582. The van der Waals surface area contributed by atoms with Crippen LogP contribution in [0.25, 0.3) is 0 Å². The number of piperazine rings is 1. The average Bonchev–Trinajstić information content (AvgIpc) is 2.24. The predicted octanol–water partition coefficient (Wildman–Crippen LogP) is 1.08. The van der Waals surface area contributed by atoms with Gasteiger partial charge in [-0.05, 0) is 11.6 Å². The maximum atomic E-state index is 11.9. The van der Waals surface area contributed by atoms with Gasteiger partial charge in [0, 0.05) is 11.5 Å². The number of likely N-dealkylation sites (N-methyl/N-ethyl adjacent to an activating group) is 1. The number of hydrogen-bond donors (Lipinski definition) is 1. The van der Waals surface area contributed by atoms with Crippen LogP contribution < -0.4 is 5.32 Å². The van der Waals surface area contributed by atoms with E-state index in [1.807, 2.05) is 24.3 Å². The number of rotatable bonds is 1. The van der Waals surface area contributed by atoms with Crippen LogP contribution >= 0.6 is 15.9 Å². The van der Waals surface area contributed by atoms with Gasteiger partial charge in [-0.2, -0.15) is 0 Å². The van der Waals surface area contributed by atoms with Gasteiger partial charge in [-0.25, -0.2) is 0 Å². The quantitative estimate of drug-likeness (QED) is 0.838. The van der Waals surface area contributed by atoms with Crippen molar-refractivity contribution in [2.75, 3.05) is 13.6 Å². The molecule has 1 fully saturated rings. The lowest BCUT2D eigenvalue weighted by molar-refractivity contribution is -0.143. The summed E-state index contributed by atoms with van der Waals surface area (Å²) in [6, 6.07) is 6.80. The van der Waals surface area contributed by atoms with Crippen LogP contribution in [0.4, 0.5) is 0 Å². The molecule has 1 aromatic carbocycles. The highest BCUT2D eigenvalue weighted by Crippen LogP contribution is 2.25. The molecule has 1 heterocycles. The van der Waals surface area contributed by atoms with Crippen molar-refractivity contribution in [3.63, 3.8) is 0 Å². The average molecular weight is 283 g/mol. The minimum Gasteiger partial charge on any atom is -0.339 e. The Bertz CT molecular complexity index is 447. The molecule has 1 aliphatic rings. The van der Waals surface area contributed by atoms with Gasteiger partial charge in [0.15, 0.2) is 0 Å². The second-order valence-corrected chi connectivity index (χ2v) is 4.57. The molecule has 5 heteroatoms. The molecule has 1 aliphatic heterocycles. The van der Waals surface area contributed by atoms with E-state index in [1.165, 1.54) is 4.90 Å². The second kappa shape index (κ2) is 4.25. The molecule has 2 amide bonds. The zero-order valence-electron chi connectivity index (χ0n) is 8.74. The Morgan fingerprint density at radius 2 is 2.06 bits per heavy atom. The Balaban J connectivity index is 2.36. The fourth-order valence-electron chi connectivity index (χ4n) is 1.70. The molecule has 1 atom stereocenters. The van der Waals surface area contributed by atoms with E-state index >= 15 is 0 Å². The van der Waals surface area contributed by atoms with Gasteiger partial charge in [-0.15, -0.1) is 0 Å². The van der Waals surface area contributed by atoms with Crippen molar-refractivity contribution in [2.24, 2.45) is 0 Å². The van der Waals surface area contributed by atoms with E-state index in [-0.39, 0.29) is 18.4 Å². The molecular weight excluding hydrogens is 272 g/mol. The first-order valence-corrected chi connectivity index (χ1v) is 5.67. The van der Waals surface area contributed by atoms with E-state index in [9.17, 15) is 9.59 Å². The van der Waals surface area contributed by atoms with E-state index in [1.54, 1.807) is 7.05 Å². The summed E-state index contributed by atoms with van der Waals surface area (Å²) in [6.07, 6.45) is 0.